The van der Waals surface area contributed by atoms with E-state index >= 15 is 0 Å². The summed E-state index contributed by atoms with van der Waals surface area (Å²) in [7, 11) is 1.48. The molecule has 0 spiro atoms. The second-order valence-electron chi connectivity index (χ2n) is 8.61. The topological polar surface area (TPSA) is 96.0 Å². The standard InChI is InChI=1S/C28H21N3O5S/c1-16-6-5-7-19(12-16)31-27(35)22(24(32)29-28(31)37)14-17-10-11-23(36-2)18(13-17)15-30-25(33)20-8-3-4-9-21(20)26(30)34/h3-14H,15H2,1-2H3,(H,29,32,37)/b22-14+. The van der Waals surface area contributed by atoms with E-state index in [0.29, 0.717) is 33.7 Å². The van der Waals surface area contributed by atoms with Crippen molar-refractivity contribution < 1.29 is 23.9 Å². The molecule has 9 heteroatoms. The molecule has 5 rings (SSSR count). The van der Waals surface area contributed by atoms with Crippen LogP contribution in [0.5, 0.6) is 5.75 Å². The normalized spacial score (nSPS) is 16.4. The van der Waals surface area contributed by atoms with E-state index in [9.17, 15) is 19.2 Å². The number of nitrogens with one attached hydrogen (secondary N) is 1. The Morgan fingerprint density at radius 3 is 2.24 bits per heavy atom. The number of imide groups is 1. The summed E-state index contributed by atoms with van der Waals surface area (Å²) in [6, 6.07) is 18.9. The van der Waals surface area contributed by atoms with Gasteiger partial charge in [0, 0.05) is 5.56 Å². The second kappa shape index (κ2) is 9.44. The van der Waals surface area contributed by atoms with Crippen LogP contribution in [0.2, 0.25) is 0 Å². The number of hydrogen-bond acceptors (Lipinski definition) is 6. The van der Waals surface area contributed by atoms with Crippen LogP contribution in [0.1, 0.15) is 37.4 Å². The first-order valence-corrected chi connectivity index (χ1v) is 11.8. The van der Waals surface area contributed by atoms with Crippen molar-refractivity contribution in [1.82, 2.24) is 10.2 Å². The number of methoxy groups -OCH3 is 1. The molecule has 0 saturated carbocycles. The molecule has 1 N–H and O–H groups in total. The van der Waals surface area contributed by atoms with Crippen molar-refractivity contribution in [3.63, 3.8) is 0 Å². The molecule has 0 unspecified atom stereocenters. The summed E-state index contributed by atoms with van der Waals surface area (Å²) in [6.45, 7) is 1.86. The van der Waals surface area contributed by atoms with Crippen LogP contribution in [-0.2, 0) is 16.1 Å². The van der Waals surface area contributed by atoms with Crippen molar-refractivity contribution in [2.45, 2.75) is 13.5 Å². The lowest BCUT2D eigenvalue weighted by Gasteiger charge is -2.29. The van der Waals surface area contributed by atoms with Gasteiger partial charge >= 0.3 is 0 Å². The number of nitrogens with zero attached hydrogens (tertiary/aromatic N) is 2. The molecule has 3 aromatic rings. The lowest BCUT2D eigenvalue weighted by atomic mass is 10.0. The second-order valence-corrected chi connectivity index (χ2v) is 9.00. The molecule has 0 atom stereocenters. The van der Waals surface area contributed by atoms with Crippen LogP contribution in [0.3, 0.4) is 0 Å². The molecule has 37 heavy (non-hydrogen) atoms. The fraction of sp³-hybridized carbons (Fsp3) is 0.107. The Kier molecular flexibility index (Phi) is 6.14. The van der Waals surface area contributed by atoms with Gasteiger partial charge in [-0.1, -0.05) is 30.3 Å². The van der Waals surface area contributed by atoms with E-state index in [1.165, 1.54) is 18.1 Å². The van der Waals surface area contributed by atoms with Crippen LogP contribution in [0.25, 0.3) is 6.08 Å². The van der Waals surface area contributed by atoms with Crippen LogP contribution < -0.4 is 15.0 Å². The van der Waals surface area contributed by atoms with E-state index in [2.05, 4.69) is 5.32 Å². The number of thiocarbonyl (C=S) groups is 1. The van der Waals surface area contributed by atoms with Crippen LogP contribution in [-0.4, -0.2) is 40.8 Å². The smallest absolute Gasteiger partial charge is 0.270 e. The van der Waals surface area contributed by atoms with Crippen molar-refractivity contribution >= 4 is 52.7 Å². The third-order valence-corrected chi connectivity index (χ3v) is 6.47. The SMILES string of the molecule is COc1ccc(/C=C2\C(=O)NC(=S)N(c3cccc(C)c3)C2=O)cc1CN1C(=O)c2ccccc2C1=O. The van der Waals surface area contributed by atoms with Gasteiger partial charge in [0.05, 0.1) is 30.5 Å². The minimum Gasteiger partial charge on any atom is -0.496 e. The zero-order valence-electron chi connectivity index (χ0n) is 20.0. The molecule has 2 heterocycles. The molecular weight excluding hydrogens is 490 g/mol. The summed E-state index contributed by atoms with van der Waals surface area (Å²) < 4.78 is 5.45. The predicted molar refractivity (Wildman–Crippen MR) is 141 cm³/mol. The number of ether oxygens (including phenoxy) is 1. The van der Waals surface area contributed by atoms with Crippen molar-refractivity contribution in [2.24, 2.45) is 0 Å². The molecule has 0 aromatic heterocycles. The largest absolute Gasteiger partial charge is 0.496 e. The van der Waals surface area contributed by atoms with E-state index in [1.54, 1.807) is 60.7 Å². The third kappa shape index (κ3) is 4.30. The van der Waals surface area contributed by atoms with E-state index < -0.39 is 23.6 Å². The Morgan fingerprint density at radius 2 is 1.59 bits per heavy atom. The van der Waals surface area contributed by atoms with Gasteiger partial charge in [-0.2, -0.15) is 0 Å². The van der Waals surface area contributed by atoms with Gasteiger partial charge in [0.25, 0.3) is 23.6 Å². The van der Waals surface area contributed by atoms with Gasteiger partial charge in [-0.25, -0.2) is 0 Å². The molecule has 8 nitrogen and oxygen atoms in total. The van der Waals surface area contributed by atoms with Crippen molar-refractivity contribution in [1.29, 1.82) is 0 Å². The Bertz CT molecular complexity index is 1510. The molecule has 0 radical (unpaired) electrons. The maximum Gasteiger partial charge on any atom is 0.270 e. The predicted octanol–water partition coefficient (Wildman–Crippen LogP) is 3.63. The van der Waals surface area contributed by atoms with Crippen LogP contribution in [0.15, 0.2) is 72.3 Å². The monoisotopic (exact) mass is 511 g/mol. The first-order valence-electron chi connectivity index (χ1n) is 11.4. The van der Waals surface area contributed by atoms with E-state index in [4.69, 9.17) is 17.0 Å². The number of aryl methyl sites for hydroxylation is 1. The highest BCUT2D eigenvalue weighted by atomic mass is 32.1. The number of rotatable bonds is 5. The summed E-state index contributed by atoms with van der Waals surface area (Å²) in [5.41, 5.74) is 3.13. The minimum absolute atomic E-state index is 0.00112. The van der Waals surface area contributed by atoms with Gasteiger partial charge in [0.1, 0.15) is 11.3 Å². The molecule has 0 bridgehead atoms. The number of hydrogen-bond donors (Lipinski definition) is 1. The average Bonchev–Trinajstić information content (AvgIpc) is 3.11. The summed E-state index contributed by atoms with van der Waals surface area (Å²) >= 11 is 5.27. The van der Waals surface area contributed by atoms with Crippen molar-refractivity contribution in [2.75, 3.05) is 12.0 Å². The fourth-order valence-electron chi connectivity index (χ4n) is 4.39. The van der Waals surface area contributed by atoms with Gasteiger partial charge in [0.2, 0.25) is 0 Å². The molecule has 184 valence electrons. The highest BCUT2D eigenvalue weighted by Gasteiger charge is 2.36. The van der Waals surface area contributed by atoms with Gasteiger partial charge in [-0.3, -0.25) is 34.3 Å². The number of carbonyl (C=O) groups excluding carboxylic acids is 4. The number of amides is 4. The number of carbonyl (C=O) groups is 4. The zero-order valence-corrected chi connectivity index (χ0v) is 20.8. The molecule has 1 fully saturated rings. The van der Waals surface area contributed by atoms with Gasteiger partial charge in [-0.15, -0.1) is 0 Å². The quantitative estimate of drug-likeness (QED) is 0.243. The van der Waals surface area contributed by atoms with Crippen molar-refractivity contribution in [3.8, 4) is 5.75 Å². The Balaban J connectivity index is 1.48. The average molecular weight is 512 g/mol. The molecule has 1 saturated heterocycles. The van der Waals surface area contributed by atoms with Crippen LogP contribution in [0.4, 0.5) is 5.69 Å². The summed E-state index contributed by atoms with van der Waals surface area (Å²) in [4.78, 5) is 54.2. The fourth-order valence-corrected chi connectivity index (χ4v) is 4.67. The van der Waals surface area contributed by atoms with E-state index in [1.807, 2.05) is 13.0 Å². The molecule has 4 amide bonds. The minimum atomic E-state index is -0.614. The van der Waals surface area contributed by atoms with E-state index in [-0.39, 0.29) is 17.2 Å². The Morgan fingerprint density at radius 1 is 0.892 bits per heavy atom. The molecule has 2 aliphatic rings. The van der Waals surface area contributed by atoms with Crippen molar-refractivity contribution in [3.05, 3.63) is 100 Å². The number of fused-ring (bicyclic) bond motifs is 1. The highest BCUT2D eigenvalue weighted by molar-refractivity contribution is 7.80. The lowest BCUT2D eigenvalue weighted by Crippen LogP contribution is -2.54. The summed E-state index contributed by atoms with van der Waals surface area (Å²) in [5, 5.41) is 2.57. The highest BCUT2D eigenvalue weighted by Crippen LogP contribution is 2.29. The molecule has 2 aliphatic heterocycles. The van der Waals surface area contributed by atoms with Gasteiger partial charge < -0.3 is 4.74 Å². The maximum atomic E-state index is 13.3. The Labute approximate surface area is 218 Å². The summed E-state index contributed by atoms with van der Waals surface area (Å²) in [5.74, 6) is -1.50. The van der Waals surface area contributed by atoms with Gasteiger partial charge in [0.15, 0.2) is 5.11 Å². The lowest BCUT2D eigenvalue weighted by molar-refractivity contribution is -0.122. The molecule has 3 aromatic carbocycles. The van der Waals surface area contributed by atoms with Gasteiger partial charge in [-0.05, 0) is 72.7 Å². The molecule has 0 aliphatic carbocycles. The third-order valence-electron chi connectivity index (χ3n) is 6.18. The zero-order chi connectivity index (χ0) is 26.3. The first-order chi connectivity index (χ1) is 17.8. The number of anilines is 1. The van der Waals surface area contributed by atoms with Crippen LogP contribution >= 0.6 is 12.2 Å². The summed E-state index contributed by atoms with van der Waals surface area (Å²) in [6.07, 6.45) is 1.45. The van der Waals surface area contributed by atoms with Crippen LogP contribution in [0, 0.1) is 6.92 Å². The first kappa shape index (κ1) is 24.1. The maximum absolute atomic E-state index is 13.3. The Hall–Kier alpha value is -4.63. The number of benzene rings is 3. The molecular formula is C28H21N3O5S. The van der Waals surface area contributed by atoms with E-state index in [0.717, 1.165) is 10.5 Å².